The highest BCUT2D eigenvalue weighted by Gasteiger charge is 2.07. The fourth-order valence-corrected chi connectivity index (χ4v) is 2.43. The minimum atomic E-state index is -0.0634. The van der Waals surface area contributed by atoms with Gasteiger partial charge in [-0.1, -0.05) is 23.9 Å². The number of anilines is 1. The fraction of sp³-hybridized carbons (Fsp3) is 0.182. The molecule has 0 spiro atoms. The van der Waals surface area contributed by atoms with E-state index in [0.717, 1.165) is 15.1 Å². The second-order valence-corrected chi connectivity index (χ2v) is 5.62. The Morgan fingerprint density at radius 3 is 2.94 bits per heavy atom. The molecule has 18 heavy (non-hydrogen) atoms. The van der Waals surface area contributed by atoms with Crippen LogP contribution in [0.5, 0.6) is 0 Å². The lowest BCUT2D eigenvalue weighted by molar-refractivity contribution is -0.113. The highest BCUT2D eigenvalue weighted by atomic mass is 127. The minimum Gasteiger partial charge on any atom is -0.324 e. The molecule has 2 N–H and O–H groups in total. The smallest absolute Gasteiger partial charge is 0.234 e. The highest BCUT2D eigenvalue weighted by Crippen LogP contribution is 2.18. The zero-order chi connectivity index (χ0) is 13.0. The molecule has 0 radical (unpaired) electrons. The summed E-state index contributed by atoms with van der Waals surface area (Å²) in [5.74, 6) is 0.976. The molecule has 5 nitrogen and oxygen atoms in total. The molecular formula is C11H11IN4OS. The van der Waals surface area contributed by atoms with Crippen molar-refractivity contribution >= 4 is 45.9 Å². The Bertz CT molecular complexity index is 557. The van der Waals surface area contributed by atoms with E-state index in [1.807, 2.05) is 31.2 Å². The van der Waals surface area contributed by atoms with Gasteiger partial charge in [0, 0.05) is 3.57 Å². The number of carbonyl (C=O) groups excluding carboxylic acids is 1. The lowest BCUT2D eigenvalue weighted by Gasteiger charge is -2.05. The molecule has 94 valence electrons. The van der Waals surface area contributed by atoms with Crippen molar-refractivity contribution in [1.29, 1.82) is 0 Å². The summed E-state index contributed by atoms with van der Waals surface area (Å²) in [5, 5.41) is 10.1. The van der Waals surface area contributed by atoms with Crippen molar-refractivity contribution in [1.82, 2.24) is 15.2 Å². The van der Waals surface area contributed by atoms with Gasteiger partial charge in [0.1, 0.15) is 5.82 Å². The van der Waals surface area contributed by atoms with E-state index in [0.29, 0.717) is 10.9 Å². The SMILES string of the molecule is Cc1nc(SCC(=O)Nc2ccccc2I)n[nH]1. The first-order chi connectivity index (χ1) is 8.65. The molecule has 0 saturated carbocycles. The number of nitrogens with zero attached hydrogens (tertiary/aromatic N) is 2. The third-order valence-corrected chi connectivity index (χ3v) is 3.84. The molecule has 2 rings (SSSR count). The van der Waals surface area contributed by atoms with Gasteiger partial charge in [0.05, 0.1) is 11.4 Å². The predicted octanol–water partition coefficient (Wildman–Crippen LogP) is 2.45. The Labute approximate surface area is 122 Å². The number of rotatable bonds is 4. The molecule has 2 aromatic rings. The summed E-state index contributed by atoms with van der Waals surface area (Å²) >= 11 is 3.49. The first kappa shape index (κ1) is 13.3. The number of hydrogen-bond donors (Lipinski definition) is 2. The Balaban J connectivity index is 1.88. The molecule has 0 aliphatic heterocycles. The number of halogens is 1. The van der Waals surface area contributed by atoms with Crippen LogP contribution in [0.1, 0.15) is 5.82 Å². The number of hydrogen-bond acceptors (Lipinski definition) is 4. The van der Waals surface area contributed by atoms with Crippen molar-refractivity contribution in [2.75, 3.05) is 11.1 Å². The van der Waals surface area contributed by atoms with Gasteiger partial charge in [0.25, 0.3) is 0 Å². The molecule has 1 amide bonds. The van der Waals surface area contributed by atoms with Crippen molar-refractivity contribution in [3.05, 3.63) is 33.7 Å². The summed E-state index contributed by atoms with van der Waals surface area (Å²) < 4.78 is 1.02. The summed E-state index contributed by atoms with van der Waals surface area (Å²) in [6, 6.07) is 7.65. The van der Waals surface area contributed by atoms with Crippen LogP contribution in [0, 0.1) is 10.5 Å². The fourth-order valence-electron chi connectivity index (χ4n) is 1.27. The molecule has 1 heterocycles. The topological polar surface area (TPSA) is 70.7 Å². The Hall–Kier alpha value is -1.09. The van der Waals surface area contributed by atoms with Crippen LogP contribution >= 0.6 is 34.4 Å². The maximum atomic E-state index is 11.7. The predicted molar refractivity (Wildman–Crippen MR) is 79.6 cm³/mol. The number of amides is 1. The third kappa shape index (κ3) is 3.70. The van der Waals surface area contributed by atoms with E-state index >= 15 is 0 Å². The normalized spacial score (nSPS) is 10.3. The van der Waals surface area contributed by atoms with E-state index < -0.39 is 0 Å². The van der Waals surface area contributed by atoms with E-state index in [9.17, 15) is 4.79 Å². The molecule has 0 unspecified atom stereocenters. The second kappa shape index (κ2) is 6.19. The number of para-hydroxylation sites is 1. The van der Waals surface area contributed by atoms with Crippen LogP contribution in [0.3, 0.4) is 0 Å². The zero-order valence-electron chi connectivity index (χ0n) is 9.61. The van der Waals surface area contributed by atoms with Crippen molar-refractivity contribution < 1.29 is 4.79 Å². The van der Waals surface area contributed by atoms with E-state index in [1.165, 1.54) is 11.8 Å². The van der Waals surface area contributed by atoms with Gasteiger partial charge in [0.2, 0.25) is 11.1 Å². The van der Waals surface area contributed by atoms with Crippen molar-refractivity contribution in [2.45, 2.75) is 12.1 Å². The van der Waals surface area contributed by atoms with Gasteiger partial charge in [-0.05, 0) is 41.6 Å². The Kier molecular flexibility index (Phi) is 4.59. The van der Waals surface area contributed by atoms with E-state index in [2.05, 4.69) is 43.1 Å². The molecule has 0 bridgehead atoms. The number of thioether (sulfide) groups is 1. The van der Waals surface area contributed by atoms with Crippen LogP contribution in [0.15, 0.2) is 29.4 Å². The van der Waals surface area contributed by atoms with E-state index in [4.69, 9.17) is 0 Å². The van der Waals surface area contributed by atoms with Gasteiger partial charge >= 0.3 is 0 Å². The van der Waals surface area contributed by atoms with Gasteiger partial charge < -0.3 is 5.32 Å². The first-order valence-electron chi connectivity index (χ1n) is 5.21. The number of H-pyrrole nitrogens is 1. The number of carbonyl (C=O) groups is 1. The second-order valence-electron chi connectivity index (χ2n) is 3.52. The largest absolute Gasteiger partial charge is 0.324 e. The van der Waals surface area contributed by atoms with Gasteiger partial charge in [0.15, 0.2) is 0 Å². The molecule has 0 saturated heterocycles. The van der Waals surface area contributed by atoms with Crippen molar-refractivity contribution in [3.63, 3.8) is 0 Å². The Morgan fingerprint density at radius 1 is 1.50 bits per heavy atom. The van der Waals surface area contributed by atoms with Crippen LogP contribution in [0.2, 0.25) is 0 Å². The number of aromatic amines is 1. The lowest BCUT2D eigenvalue weighted by Crippen LogP contribution is -2.14. The van der Waals surface area contributed by atoms with Gasteiger partial charge in [-0.2, -0.15) is 0 Å². The van der Waals surface area contributed by atoms with E-state index in [1.54, 1.807) is 0 Å². The number of aryl methyl sites for hydroxylation is 1. The Morgan fingerprint density at radius 2 is 2.28 bits per heavy atom. The average Bonchev–Trinajstić information content (AvgIpc) is 2.76. The van der Waals surface area contributed by atoms with Gasteiger partial charge in [-0.25, -0.2) is 4.98 Å². The first-order valence-corrected chi connectivity index (χ1v) is 7.28. The zero-order valence-corrected chi connectivity index (χ0v) is 12.6. The average molecular weight is 374 g/mol. The number of benzene rings is 1. The van der Waals surface area contributed by atoms with Crippen LogP contribution in [-0.2, 0) is 4.79 Å². The molecular weight excluding hydrogens is 363 g/mol. The van der Waals surface area contributed by atoms with Crippen LogP contribution < -0.4 is 5.32 Å². The standard InChI is InChI=1S/C11H11IN4OS/c1-7-13-11(16-15-7)18-6-10(17)14-9-5-3-2-4-8(9)12/h2-5H,6H2,1H3,(H,14,17)(H,13,15,16). The summed E-state index contributed by atoms with van der Waals surface area (Å²) in [6.07, 6.45) is 0. The van der Waals surface area contributed by atoms with Crippen LogP contribution in [0.4, 0.5) is 5.69 Å². The molecule has 0 fully saturated rings. The number of nitrogens with one attached hydrogen (secondary N) is 2. The van der Waals surface area contributed by atoms with E-state index in [-0.39, 0.29) is 5.91 Å². The molecule has 1 aromatic carbocycles. The molecule has 0 aliphatic rings. The minimum absolute atomic E-state index is 0.0634. The van der Waals surface area contributed by atoms with Gasteiger partial charge in [-0.3, -0.25) is 9.89 Å². The molecule has 0 aliphatic carbocycles. The summed E-state index contributed by atoms with van der Waals surface area (Å²) in [6.45, 7) is 1.82. The summed E-state index contributed by atoms with van der Waals surface area (Å²) in [5.41, 5.74) is 0.829. The van der Waals surface area contributed by atoms with Crippen LogP contribution in [-0.4, -0.2) is 26.8 Å². The van der Waals surface area contributed by atoms with Crippen molar-refractivity contribution in [3.8, 4) is 0 Å². The number of aromatic nitrogens is 3. The quantitative estimate of drug-likeness (QED) is 0.637. The van der Waals surface area contributed by atoms with Crippen LogP contribution in [0.25, 0.3) is 0 Å². The van der Waals surface area contributed by atoms with Gasteiger partial charge in [-0.15, -0.1) is 5.10 Å². The maximum Gasteiger partial charge on any atom is 0.234 e. The summed E-state index contributed by atoms with van der Waals surface area (Å²) in [7, 11) is 0. The monoisotopic (exact) mass is 374 g/mol. The van der Waals surface area contributed by atoms with Crippen molar-refractivity contribution in [2.24, 2.45) is 0 Å². The summed E-state index contributed by atoms with van der Waals surface area (Å²) in [4.78, 5) is 15.9. The third-order valence-electron chi connectivity index (χ3n) is 2.06. The highest BCUT2D eigenvalue weighted by molar-refractivity contribution is 14.1. The lowest BCUT2D eigenvalue weighted by atomic mass is 10.3. The maximum absolute atomic E-state index is 11.7. The molecule has 0 atom stereocenters. The molecule has 7 heteroatoms. The molecule has 1 aromatic heterocycles.